The molecule has 2 N–H and O–H groups in total. The van der Waals surface area contributed by atoms with Gasteiger partial charge in [-0.05, 0) is 11.4 Å². The summed E-state index contributed by atoms with van der Waals surface area (Å²) in [5.41, 5.74) is 1.48. The van der Waals surface area contributed by atoms with Gasteiger partial charge >= 0.3 is 0 Å². The van der Waals surface area contributed by atoms with Crippen LogP contribution >= 0.6 is 11.3 Å². The SMILES string of the molecule is CC(C)NCc1cn(Cc2nc3ccsc3c(=O)[nH]2)nn1. The van der Waals surface area contributed by atoms with E-state index in [1.54, 1.807) is 4.68 Å². The molecule has 0 aliphatic rings. The van der Waals surface area contributed by atoms with Gasteiger partial charge in [-0.25, -0.2) is 9.67 Å². The predicted octanol–water partition coefficient (Wildman–Crippen LogP) is 1.12. The highest BCUT2D eigenvalue weighted by molar-refractivity contribution is 7.17. The van der Waals surface area contributed by atoms with E-state index >= 15 is 0 Å². The second kappa shape index (κ2) is 5.74. The fraction of sp³-hybridized carbons (Fsp3) is 0.385. The molecular formula is C13H16N6OS. The van der Waals surface area contributed by atoms with Gasteiger partial charge in [0.15, 0.2) is 0 Å². The number of fused-ring (bicyclic) bond motifs is 1. The predicted molar refractivity (Wildman–Crippen MR) is 81.3 cm³/mol. The van der Waals surface area contributed by atoms with Crippen molar-refractivity contribution in [1.29, 1.82) is 0 Å². The minimum atomic E-state index is -0.105. The van der Waals surface area contributed by atoms with Gasteiger partial charge in [-0.2, -0.15) is 0 Å². The Morgan fingerprint density at radius 1 is 1.48 bits per heavy atom. The van der Waals surface area contributed by atoms with Crippen LogP contribution in [0.5, 0.6) is 0 Å². The Morgan fingerprint density at radius 3 is 3.14 bits per heavy atom. The molecule has 0 spiro atoms. The largest absolute Gasteiger partial charge is 0.309 e. The first-order valence-electron chi connectivity index (χ1n) is 6.70. The summed E-state index contributed by atoms with van der Waals surface area (Å²) < 4.78 is 2.33. The molecule has 0 aliphatic carbocycles. The first kappa shape index (κ1) is 13.9. The molecule has 0 radical (unpaired) electrons. The molecule has 8 heteroatoms. The molecule has 0 saturated carbocycles. The molecule has 0 bridgehead atoms. The highest BCUT2D eigenvalue weighted by Crippen LogP contribution is 2.13. The molecule has 3 aromatic rings. The van der Waals surface area contributed by atoms with Gasteiger partial charge in [0, 0.05) is 12.6 Å². The van der Waals surface area contributed by atoms with Crippen molar-refractivity contribution < 1.29 is 0 Å². The number of thiophene rings is 1. The zero-order valence-electron chi connectivity index (χ0n) is 11.8. The van der Waals surface area contributed by atoms with Crippen molar-refractivity contribution >= 4 is 21.6 Å². The monoisotopic (exact) mass is 304 g/mol. The molecule has 0 amide bonds. The normalized spacial score (nSPS) is 11.6. The number of rotatable bonds is 5. The zero-order valence-corrected chi connectivity index (χ0v) is 12.6. The number of H-pyrrole nitrogens is 1. The molecule has 0 atom stereocenters. The standard InChI is InChI=1S/C13H16N6OS/c1-8(2)14-5-9-6-19(18-17-9)7-11-15-10-3-4-21-12(10)13(20)16-11/h3-4,6,8,14H,5,7H2,1-2H3,(H,15,16,20). The van der Waals surface area contributed by atoms with Crippen LogP contribution in [0.3, 0.4) is 0 Å². The summed E-state index contributed by atoms with van der Waals surface area (Å²) in [6.45, 7) is 5.23. The smallest absolute Gasteiger partial charge is 0.268 e. The number of hydrogen-bond donors (Lipinski definition) is 2. The highest BCUT2D eigenvalue weighted by Gasteiger charge is 2.07. The van der Waals surface area contributed by atoms with Crippen molar-refractivity contribution in [2.45, 2.75) is 33.0 Å². The molecule has 0 fully saturated rings. The molecule has 0 saturated heterocycles. The van der Waals surface area contributed by atoms with Crippen LogP contribution in [0.15, 0.2) is 22.4 Å². The van der Waals surface area contributed by atoms with Crippen LogP contribution in [-0.2, 0) is 13.1 Å². The summed E-state index contributed by atoms with van der Waals surface area (Å²) in [6.07, 6.45) is 1.85. The van der Waals surface area contributed by atoms with Gasteiger partial charge in [0.2, 0.25) is 0 Å². The molecular weight excluding hydrogens is 288 g/mol. The molecule has 7 nitrogen and oxygen atoms in total. The molecule has 0 aromatic carbocycles. The Hall–Kier alpha value is -2.06. The van der Waals surface area contributed by atoms with Crippen molar-refractivity contribution in [2.24, 2.45) is 0 Å². The Morgan fingerprint density at radius 2 is 2.33 bits per heavy atom. The lowest BCUT2D eigenvalue weighted by atomic mass is 10.3. The van der Waals surface area contributed by atoms with Crippen molar-refractivity contribution in [3.05, 3.63) is 39.5 Å². The van der Waals surface area contributed by atoms with Crippen molar-refractivity contribution in [3.63, 3.8) is 0 Å². The molecule has 3 heterocycles. The maximum absolute atomic E-state index is 11.9. The molecule has 21 heavy (non-hydrogen) atoms. The number of aromatic amines is 1. The first-order valence-corrected chi connectivity index (χ1v) is 7.58. The third-order valence-corrected chi connectivity index (χ3v) is 3.86. The maximum Gasteiger partial charge on any atom is 0.268 e. The van der Waals surface area contributed by atoms with Gasteiger partial charge in [0.05, 0.1) is 17.4 Å². The van der Waals surface area contributed by atoms with Crippen LogP contribution in [-0.4, -0.2) is 31.0 Å². The summed E-state index contributed by atoms with van der Waals surface area (Å²) in [6, 6.07) is 2.24. The lowest BCUT2D eigenvalue weighted by Crippen LogP contribution is -2.21. The third-order valence-electron chi connectivity index (χ3n) is 2.95. The van der Waals surface area contributed by atoms with E-state index in [9.17, 15) is 4.79 Å². The summed E-state index contributed by atoms with van der Waals surface area (Å²) >= 11 is 1.39. The number of nitrogens with zero attached hydrogens (tertiary/aromatic N) is 4. The van der Waals surface area contributed by atoms with Crippen LogP contribution in [0.2, 0.25) is 0 Å². The van der Waals surface area contributed by atoms with Gasteiger partial charge < -0.3 is 10.3 Å². The molecule has 3 aromatic heterocycles. The molecule has 110 valence electrons. The number of hydrogen-bond acceptors (Lipinski definition) is 6. The van der Waals surface area contributed by atoms with Crippen LogP contribution in [0.1, 0.15) is 25.4 Å². The van der Waals surface area contributed by atoms with Gasteiger partial charge in [-0.1, -0.05) is 19.1 Å². The lowest BCUT2D eigenvalue weighted by Gasteiger charge is -2.04. The molecule has 0 aliphatic heterocycles. The second-order valence-corrected chi connectivity index (χ2v) is 6.01. The van der Waals surface area contributed by atoms with E-state index in [0.29, 0.717) is 29.7 Å². The lowest BCUT2D eigenvalue weighted by molar-refractivity contribution is 0.580. The average molecular weight is 304 g/mol. The first-order chi connectivity index (χ1) is 10.1. The minimum Gasteiger partial charge on any atom is -0.309 e. The Balaban J connectivity index is 1.77. The number of aromatic nitrogens is 5. The van der Waals surface area contributed by atoms with E-state index < -0.39 is 0 Å². The van der Waals surface area contributed by atoms with E-state index in [-0.39, 0.29) is 5.56 Å². The van der Waals surface area contributed by atoms with Crippen molar-refractivity contribution in [1.82, 2.24) is 30.3 Å². The third kappa shape index (κ3) is 3.17. The Kier molecular flexibility index (Phi) is 3.80. The van der Waals surface area contributed by atoms with E-state index in [2.05, 4.69) is 39.4 Å². The second-order valence-electron chi connectivity index (χ2n) is 5.09. The molecule has 0 unspecified atom stereocenters. The zero-order chi connectivity index (χ0) is 14.8. The summed E-state index contributed by atoms with van der Waals surface area (Å²) in [5, 5.41) is 13.3. The minimum absolute atomic E-state index is 0.105. The van der Waals surface area contributed by atoms with E-state index in [1.165, 1.54) is 11.3 Å². The van der Waals surface area contributed by atoms with Crippen LogP contribution in [0.25, 0.3) is 10.2 Å². The quantitative estimate of drug-likeness (QED) is 0.737. The Labute approximate surface area is 125 Å². The van der Waals surface area contributed by atoms with Gasteiger partial charge in [0.25, 0.3) is 5.56 Å². The summed E-state index contributed by atoms with van der Waals surface area (Å²) in [4.78, 5) is 19.1. The van der Waals surface area contributed by atoms with E-state index in [4.69, 9.17) is 0 Å². The maximum atomic E-state index is 11.9. The summed E-state index contributed by atoms with van der Waals surface area (Å²) in [7, 11) is 0. The topological polar surface area (TPSA) is 88.5 Å². The number of nitrogens with one attached hydrogen (secondary N) is 2. The molecule has 3 rings (SSSR count). The van der Waals surface area contributed by atoms with Gasteiger partial charge in [0.1, 0.15) is 17.1 Å². The van der Waals surface area contributed by atoms with Gasteiger partial charge in [-0.15, -0.1) is 16.4 Å². The average Bonchev–Trinajstić information content (AvgIpc) is 3.05. The van der Waals surface area contributed by atoms with Gasteiger partial charge in [-0.3, -0.25) is 4.79 Å². The fourth-order valence-electron chi connectivity index (χ4n) is 1.96. The van der Waals surface area contributed by atoms with Crippen LogP contribution in [0.4, 0.5) is 0 Å². The fourth-order valence-corrected chi connectivity index (χ4v) is 2.68. The van der Waals surface area contributed by atoms with E-state index in [1.807, 2.05) is 17.6 Å². The van der Waals surface area contributed by atoms with Crippen molar-refractivity contribution in [2.75, 3.05) is 0 Å². The highest BCUT2D eigenvalue weighted by atomic mass is 32.1. The summed E-state index contributed by atoms with van der Waals surface area (Å²) in [5.74, 6) is 0.583. The van der Waals surface area contributed by atoms with Crippen LogP contribution < -0.4 is 10.9 Å². The van der Waals surface area contributed by atoms with Crippen molar-refractivity contribution in [3.8, 4) is 0 Å². The Bertz CT molecular complexity index is 802. The van der Waals surface area contributed by atoms with Crippen LogP contribution in [0, 0.1) is 0 Å². The van der Waals surface area contributed by atoms with E-state index in [0.717, 1.165) is 11.2 Å².